The van der Waals surface area contributed by atoms with Crippen molar-refractivity contribution < 1.29 is 80.2 Å². The number of aliphatic hydroxyl groups excluding tert-OH is 1. The van der Waals surface area contributed by atoms with Crippen LogP contribution in [0.1, 0.15) is 336 Å². The number of carbonyl (C=O) groups excluding carboxylic acids is 4. The van der Waals surface area contributed by atoms with Crippen LogP contribution in [0.4, 0.5) is 0 Å². The van der Waals surface area contributed by atoms with E-state index in [2.05, 4.69) is 52.0 Å². The van der Waals surface area contributed by atoms with E-state index in [1.54, 1.807) is 0 Å². The van der Waals surface area contributed by atoms with Crippen LogP contribution in [0.2, 0.25) is 0 Å². The Hall–Kier alpha value is -2.46. The van der Waals surface area contributed by atoms with Crippen molar-refractivity contribution in [1.82, 2.24) is 0 Å². The van der Waals surface area contributed by atoms with Gasteiger partial charge in [0.25, 0.3) is 0 Å². The number of phosphoric ester groups is 2. The zero-order valence-electron chi connectivity index (χ0n) is 56.2. The van der Waals surface area contributed by atoms with Gasteiger partial charge in [0.1, 0.15) is 19.3 Å². The van der Waals surface area contributed by atoms with Gasteiger partial charge in [0.05, 0.1) is 26.4 Å². The fourth-order valence-corrected chi connectivity index (χ4v) is 11.6. The molecule has 2 unspecified atom stereocenters. The van der Waals surface area contributed by atoms with Gasteiger partial charge in [-0.15, -0.1) is 0 Å². The Balaban J connectivity index is 5.27. The van der Waals surface area contributed by atoms with Crippen molar-refractivity contribution in [3.05, 3.63) is 24.3 Å². The zero-order chi connectivity index (χ0) is 64.7. The lowest BCUT2D eigenvalue weighted by atomic mass is 10.0. The standard InChI is InChI=1S/C69H130O17P2/c1-5-9-13-17-21-25-28-30-31-33-36-40-44-48-52-56-69(74)86-65(60-80-67(72)54-50-46-42-38-35-32-29-26-22-18-14-10-6-2)62-84-88(77,78)82-58-63(70)57-81-87(75,76)83-61-64(59-79-66(71)53-49-45-41-37-24-20-16-12-8-4)85-68(73)55-51-47-43-39-34-27-23-19-15-11-7-3/h25,28,30-31,63-65,70H,5-24,26-27,29,32-62H2,1-4H3,(H,75,76)(H,77,78)/b28-25-,31-30-/t63-,64+,65+/m0/s1. The molecular weight excluding hydrogens is 1160 g/mol. The maximum absolute atomic E-state index is 13.0. The minimum Gasteiger partial charge on any atom is -0.462 e. The van der Waals surface area contributed by atoms with Crippen LogP contribution in [-0.4, -0.2) is 96.7 Å². The molecule has 0 aliphatic carbocycles. The van der Waals surface area contributed by atoms with Crippen molar-refractivity contribution in [1.29, 1.82) is 0 Å². The number of hydrogen-bond acceptors (Lipinski definition) is 15. The van der Waals surface area contributed by atoms with Crippen molar-refractivity contribution in [2.75, 3.05) is 39.6 Å². The van der Waals surface area contributed by atoms with Crippen LogP contribution >= 0.6 is 15.6 Å². The van der Waals surface area contributed by atoms with E-state index in [9.17, 15) is 43.2 Å². The van der Waals surface area contributed by atoms with Crippen LogP contribution in [0.25, 0.3) is 0 Å². The topological polar surface area (TPSA) is 237 Å². The third kappa shape index (κ3) is 62.4. The predicted octanol–water partition coefficient (Wildman–Crippen LogP) is 19.4. The molecular formula is C69H130O17P2. The minimum absolute atomic E-state index is 0.0858. The molecule has 518 valence electrons. The summed E-state index contributed by atoms with van der Waals surface area (Å²) < 4.78 is 68.1. The van der Waals surface area contributed by atoms with Gasteiger partial charge in [-0.2, -0.15) is 0 Å². The van der Waals surface area contributed by atoms with Gasteiger partial charge in [-0.1, -0.05) is 283 Å². The number of unbranched alkanes of at least 4 members (excludes halogenated alkanes) is 39. The summed E-state index contributed by atoms with van der Waals surface area (Å²) in [7, 11) is -9.90. The monoisotopic (exact) mass is 1290 g/mol. The highest BCUT2D eigenvalue weighted by molar-refractivity contribution is 7.47. The third-order valence-electron chi connectivity index (χ3n) is 15.5. The molecule has 0 amide bonds. The van der Waals surface area contributed by atoms with E-state index in [1.165, 1.54) is 154 Å². The third-order valence-corrected chi connectivity index (χ3v) is 17.4. The molecule has 88 heavy (non-hydrogen) atoms. The molecule has 0 heterocycles. The lowest BCUT2D eigenvalue weighted by Gasteiger charge is -2.21. The molecule has 5 atom stereocenters. The van der Waals surface area contributed by atoms with Gasteiger partial charge in [0.2, 0.25) is 0 Å². The lowest BCUT2D eigenvalue weighted by Crippen LogP contribution is -2.30. The average Bonchev–Trinajstić information content (AvgIpc) is 3.60. The first kappa shape index (κ1) is 85.5. The van der Waals surface area contributed by atoms with Crippen LogP contribution in [0.5, 0.6) is 0 Å². The van der Waals surface area contributed by atoms with Gasteiger partial charge >= 0.3 is 39.5 Å². The Labute approximate surface area is 535 Å². The number of allylic oxidation sites excluding steroid dienone is 4. The molecule has 0 aromatic rings. The van der Waals surface area contributed by atoms with E-state index in [4.69, 9.17) is 37.0 Å². The van der Waals surface area contributed by atoms with Crippen molar-refractivity contribution in [2.24, 2.45) is 0 Å². The molecule has 0 aliphatic rings. The average molecular weight is 1290 g/mol. The molecule has 3 N–H and O–H groups in total. The molecule has 0 aromatic carbocycles. The predicted molar refractivity (Wildman–Crippen MR) is 354 cm³/mol. The highest BCUT2D eigenvalue weighted by Crippen LogP contribution is 2.45. The van der Waals surface area contributed by atoms with Crippen molar-refractivity contribution in [3.8, 4) is 0 Å². The highest BCUT2D eigenvalue weighted by atomic mass is 31.2. The quantitative estimate of drug-likeness (QED) is 0.0169. The van der Waals surface area contributed by atoms with E-state index in [1.807, 2.05) is 0 Å². The first-order valence-electron chi connectivity index (χ1n) is 35.6. The molecule has 0 rings (SSSR count). The Bertz CT molecular complexity index is 1780. The second kappa shape index (κ2) is 63.3. The molecule has 0 fully saturated rings. The second-order valence-corrected chi connectivity index (χ2v) is 27.1. The van der Waals surface area contributed by atoms with Crippen LogP contribution < -0.4 is 0 Å². The molecule has 0 saturated carbocycles. The molecule has 0 aliphatic heterocycles. The van der Waals surface area contributed by atoms with Gasteiger partial charge < -0.3 is 33.8 Å². The van der Waals surface area contributed by atoms with Crippen LogP contribution in [0.3, 0.4) is 0 Å². The summed E-state index contributed by atoms with van der Waals surface area (Å²) in [6.07, 6.45) is 53.4. The van der Waals surface area contributed by atoms with Crippen molar-refractivity contribution >= 4 is 39.5 Å². The van der Waals surface area contributed by atoms with E-state index in [-0.39, 0.29) is 25.7 Å². The smallest absolute Gasteiger partial charge is 0.462 e. The number of aliphatic hydroxyl groups is 1. The van der Waals surface area contributed by atoms with Crippen molar-refractivity contribution in [2.45, 2.75) is 354 Å². The first-order chi connectivity index (χ1) is 42.7. The summed E-state index contributed by atoms with van der Waals surface area (Å²) in [6.45, 7) is 4.85. The van der Waals surface area contributed by atoms with E-state index < -0.39 is 97.5 Å². The fourth-order valence-electron chi connectivity index (χ4n) is 9.98. The lowest BCUT2D eigenvalue weighted by molar-refractivity contribution is -0.161. The maximum atomic E-state index is 13.0. The normalized spacial score (nSPS) is 14.2. The molecule has 0 bridgehead atoms. The molecule has 0 aromatic heterocycles. The Morgan fingerprint density at radius 3 is 0.830 bits per heavy atom. The van der Waals surface area contributed by atoms with Gasteiger partial charge in [0.15, 0.2) is 12.2 Å². The number of rotatable bonds is 68. The van der Waals surface area contributed by atoms with Crippen LogP contribution in [-0.2, 0) is 65.4 Å². The number of phosphoric acid groups is 2. The van der Waals surface area contributed by atoms with E-state index >= 15 is 0 Å². The first-order valence-corrected chi connectivity index (χ1v) is 38.6. The van der Waals surface area contributed by atoms with E-state index in [0.717, 1.165) is 103 Å². The molecule has 0 saturated heterocycles. The van der Waals surface area contributed by atoms with Crippen LogP contribution in [0, 0.1) is 0 Å². The summed E-state index contributed by atoms with van der Waals surface area (Å²) in [4.78, 5) is 72.4. The van der Waals surface area contributed by atoms with E-state index in [0.29, 0.717) is 25.7 Å². The number of esters is 4. The van der Waals surface area contributed by atoms with Crippen LogP contribution in [0.15, 0.2) is 24.3 Å². The summed E-state index contributed by atoms with van der Waals surface area (Å²) in [5, 5.41) is 10.6. The highest BCUT2D eigenvalue weighted by Gasteiger charge is 2.30. The van der Waals surface area contributed by atoms with Gasteiger partial charge in [-0.05, 0) is 51.4 Å². The SMILES string of the molecule is CCCCCC/C=C\C=C/CCCCCCCC(=O)O[C@H](COC(=O)CCCCCCCCCCCCCCC)COP(=O)(O)OC[C@@H](O)COP(=O)(O)OC[C@@H](COC(=O)CCCCCCCCCCC)OC(=O)CCCCCCCCCCCCC. The zero-order valence-corrected chi connectivity index (χ0v) is 58.0. The largest absolute Gasteiger partial charge is 0.472 e. The Morgan fingerprint density at radius 1 is 0.318 bits per heavy atom. The minimum atomic E-state index is -4.96. The fraction of sp³-hybridized carbons (Fsp3) is 0.884. The molecule has 19 heteroatoms. The number of hydrogen-bond donors (Lipinski definition) is 3. The van der Waals surface area contributed by atoms with Gasteiger partial charge in [-0.25, -0.2) is 9.13 Å². The van der Waals surface area contributed by atoms with Gasteiger partial charge in [0, 0.05) is 25.7 Å². The Morgan fingerprint density at radius 2 is 0.545 bits per heavy atom. The number of carbonyl (C=O) groups is 4. The summed E-state index contributed by atoms with van der Waals surface area (Å²) in [5.74, 6) is -2.15. The number of ether oxygens (including phenoxy) is 4. The maximum Gasteiger partial charge on any atom is 0.472 e. The second-order valence-electron chi connectivity index (χ2n) is 24.2. The summed E-state index contributed by atoms with van der Waals surface area (Å²) in [6, 6.07) is 0. The molecule has 0 spiro atoms. The molecule has 0 radical (unpaired) electrons. The summed E-state index contributed by atoms with van der Waals surface area (Å²) >= 11 is 0. The Kier molecular flexibility index (Phi) is 61.5. The summed E-state index contributed by atoms with van der Waals surface area (Å²) in [5.41, 5.74) is 0. The van der Waals surface area contributed by atoms with Crippen molar-refractivity contribution in [3.63, 3.8) is 0 Å². The molecule has 17 nitrogen and oxygen atoms in total. The van der Waals surface area contributed by atoms with Gasteiger partial charge in [-0.3, -0.25) is 37.3 Å².